The van der Waals surface area contributed by atoms with Crippen molar-refractivity contribution in [3.8, 4) is 0 Å². The molecule has 0 saturated heterocycles. The average Bonchev–Trinajstić information content (AvgIpc) is 2.36. The Morgan fingerprint density at radius 3 is 2.15 bits per heavy atom. The third-order valence-electron chi connectivity index (χ3n) is 3.91. The van der Waals surface area contributed by atoms with Crippen molar-refractivity contribution in [2.45, 2.75) is 40.2 Å². The lowest BCUT2D eigenvalue weighted by Crippen LogP contribution is -2.16. The van der Waals surface area contributed by atoms with E-state index in [4.69, 9.17) is 5.73 Å². The summed E-state index contributed by atoms with van der Waals surface area (Å²) in [5.74, 6) is -0.224. The van der Waals surface area contributed by atoms with E-state index in [2.05, 4.69) is 32.9 Å². The Labute approximate surface area is 120 Å². The van der Waals surface area contributed by atoms with Crippen molar-refractivity contribution < 1.29 is 4.39 Å². The highest BCUT2D eigenvalue weighted by Crippen LogP contribution is 2.25. The van der Waals surface area contributed by atoms with Crippen LogP contribution in [0.25, 0.3) is 0 Å². The van der Waals surface area contributed by atoms with Crippen LogP contribution < -0.4 is 5.73 Å². The van der Waals surface area contributed by atoms with Crippen molar-refractivity contribution in [3.63, 3.8) is 0 Å². The minimum absolute atomic E-state index is 0.175. The van der Waals surface area contributed by atoms with E-state index in [0.717, 1.165) is 17.5 Å². The first-order chi connectivity index (χ1) is 9.38. The van der Waals surface area contributed by atoms with Crippen LogP contribution in [0.2, 0.25) is 0 Å². The first-order valence-electron chi connectivity index (χ1n) is 6.97. The van der Waals surface area contributed by atoms with Gasteiger partial charge in [0.2, 0.25) is 0 Å². The Morgan fingerprint density at radius 2 is 1.55 bits per heavy atom. The SMILES string of the molecule is Cc1cc(C)c(CC(N)c2cc(F)ccc2C)c(C)c1. The van der Waals surface area contributed by atoms with Crippen LogP contribution in [-0.2, 0) is 6.42 Å². The normalized spacial score (nSPS) is 12.5. The molecule has 2 aromatic rings. The Balaban J connectivity index is 2.32. The molecular weight excluding hydrogens is 249 g/mol. The third-order valence-corrected chi connectivity index (χ3v) is 3.91. The Morgan fingerprint density at radius 1 is 0.950 bits per heavy atom. The zero-order valence-electron chi connectivity index (χ0n) is 12.6. The number of halogens is 1. The molecule has 2 aromatic carbocycles. The number of benzene rings is 2. The van der Waals surface area contributed by atoms with Gasteiger partial charge in [-0.05, 0) is 74.1 Å². The Hall–Kier alpha value is -1.67. The molecule has 2 rings (SSSR count). The Kier molecular flexibility index (Phi) is 4.24. The van der Waals surface area contributed by atoms with Crippen LogP contribution in [0.4, 0.5) is 4.39 Å². The molecule has 0 heterocycles. The van der Waals surface area contributed by atoms with Gasteiger partial charge in [0.15, 0.2) is 0 Å². The first-order valence-corrected chi connectivity index (χ1v) is 6.97. The van der Waals surface area contributed by atoms with E-state index in [0.29, 0.717) is 0 Å². The maximum absolute atomic E-state index is 13.4. The van der Waals surface area contributed by atoms with E-state index in [9.17, 15) is 4.39 Å². The Bertz CT molecular complexity index is 608. The minimum atomic E-state index is -0.224. The van der Waals surface area contributed by atoms with Gasteiger partial charge in [-0.1, -0.05) is 23.8 Å². The topological polar surface area (TPSA) is 26.0 Å². The molecule has 2 N–H and O–H groups in total. The molecule has 0 bridgehead atoms. The average molecular weight is 271 g/mol. The second-order valence-corrected chi connectivity index (χ2v) is 5.69. The first kappa shape index (κ1) is 14.7. The lowest BCUT2D eigenvalue weighted by Gasteiger charge is -2.18. The highest BCUT2D eigenvalue weighted by Gasteiger charge is 2.14. The molecular formula is C18H22FN. The van der Waals surface area contributed by atoms with E-state index >= 15 is 0 Å². The predicted octanol–water partition coefficient (Wildman–Crippen LogP) is 4.30. The fourth-order valence-corrected chi connectivity index (χ4v) is 2.87. The van der Waals surface area contributed by atoms with Gasteiger partial charge >= 0.3 is 0 Å². The summed E-state index contributed by atoms with van der Waals surface area (Å²) in [6.45, 7) is 8.30. The second-order valence-electron chi connectivity index (χ2n) is 5.69. The fraction of sp³-hybridized carbons (Fsp3) is 0.333. The van der Waals surface area contributed by atoms with E-state index in [-0.39, 0.29) is 11.9 Å². The van der Waals surface area contributed by atoms with Crippen molar-refractivity contribution in [3.05, 3.63) is 69.5 Å². The molecule has 0 saturated carbocycles. The fourth-order valence-electron chi connectivity index (χ4n) is 2.87. The number of hydrogen-bond acceptors (Lipinski definition) is 1. The van der Waals surface area contributed by atoms with Gasteiger partial charge < -0.3 is 5.73 Å². The summed E-state index contributed by atoms with van der Waals surface area (Å²) >= 11 is 0. The van der Waals surface area contributed by atoms with E-state index in [1.807, 2.05) is 6.92 Å². The van der Waals surface area contributed by atoms with Crippen LogP contribution in [0.5, 0.6) is 0 Å². The van der Waals surface area contributed by atoms with Crippen molar-refractivity contribution in [2.75, 3.05) is 0 Å². The lowest BCUT2D eigenvalue weighted by molar-refractivity contribution is 0.617. The van der Waals surface area contributed by atoms with Crippen LogP contribution >= 0.6 is 0 Å². The molecule has 0 radical (unpaired) electrons. The van der Waals surface area contributed by atoms with Gasteiger partial charge in [-0.25, -0.2) is 4.39 Å². The number of nitrogens with two attached hydrogens (primary N) is 1. The van der Waals surface area contributed by atoms with Crippen molar-refractivity contribution >= 4 is 0 Å². The number of rotatable bonds is 3. The van der Waals surface area contributed by atoms with E-state index < -0.39 is 0 Å². The molecule has 0 aliphatic heterocycles. The van der Waals surface area contributed by atoms with Crippen LogP contribution in [0.15, 0.2) is 30.3 Å². The summed E-state index contributed by atoms with van der Waals surface area (Å²) in [5, 5.41) is 0. The molecule has 0 aromatic heterocycles. The van der Waals surface area contributed by atoms with Crippen molar-refractivity contribution in [1.82, 2.24) is 0 Å². The molecule has 106 valence electrons. The smallest absolute Gasteiger partial charge is 0.123 e. The van der Waals surface area contributed by atoms with Crippen LogP contribution in [0, 0.1) is 33.5 Å². The summed E-state index contributed by atoms with van der Waals surface area (Å²) < 4.78 is 13.4. The quantitative estimate of drug-likeness (QED) is 0.885. The molecule has 2 heteroatoms. The minimum Gasteiger partial charge on any atom is -0.324 e. The van der Waals surface area contributed by atoms with Crippen molar-refractivity contribution in [2.24, 2.45) is 5.73 Å². The van der Waals surface area contributed by atoms with Gasteiger partial charge in [-0.15, -0.1) is 0 Å². The van der Waals surface area contributed by atoms with Crippen molar-refractivity contribution in [1.29, 1.82) is 0 Å². The van der Waals surface area contributed by atoms with E-state index in [1.165, 1.54) is 28.3 Å². The summed E-state index contributed by atoms with van der Waals surface area (Å²) in [6, 6.07) is 9.00. The van der Waals surface area contributed by atoms with Gasteiger partial charge in [-0.3, -0.25) is 0 Å². The highest BCUT2D eigenvalue weighted by atomic mass is 19.1. The number of hydrogen-bond donors (Lipinski definition) is 1. The molecule has 1 nitrogen and oxygen atoms in total. The largest absolute Gasteiger partial charge is 0.324 e. The zero-order chi connectivity index (χ0) is 14.9. The molecule has 0 fully saturated rings. The summed E-state index contributed by atoms with van der Waals surface area (Å²) in [7, 11) is 0. The van der Waals surface area contributed by atoms with Gasteiger partial charge in [-0.2, -0.15) is 0 Å². The van der Waals surface area contributed by atoms with Gasteiger partial charge in [0.1, 0.15) is 5.82 Å². The van der Waals surface area contributed by atoms with Crippen LogP contribution in [-0.4, -0.2) is 0 Å². The second kappa shape index (κ2) is 5.76. The summed E-state index contributed by atoms with van der Waals surface area (Å²) in [4.78, 5) is 0. The summed E-state index contributed by atoms with van der Waals surface area (Å²) in [5.41, 5.74) is 13.3. The lowest BCUT2D eigenvalue weighted by atomic mass is 9.90. The van der Waals surface area contributed by atoms with Crippen LogP contribution in [0.1, 0.15) is 39.4 Å². The third kappa shape index (κ3) is 3.07. The highest BCUT2D eigenvalue weighted by molar-refractivity contribution is 5.39. The maximum Gasteiger partial charge on any atom is 0.123 e. The molecule has 0 amide bonds. The van der Waals surface area contributed by atoms with E-state index in [1.54, 1.807) is 12.1 Å². The molecule has 20 heavy (non-hydrogen) atoms. The molecule has 0 spiro atoms. The molecule has 0 aliphatic carbocycles. The summed E-state index contributed by atoms with van der Waals surface area (Å²) in [6.07, 6.45) is 0.738. The zero-order valence-corrected chi connectivity index (χ0v) is 12.6. The number of aryl methyl sites for hydroxylation is 4. The van der Waals surface area contributed by atoms with Gasteiger partial charge in [0.05, 0.1) is 0 Å². The standard InChI is InChI=1S/C18H22FN/c1-11-7-13(3)16(14(4)8-11)10-18(20)17-9-15(19)6-5-12(17)2/h5-9,18H,10,20H2,1-4H3. The monoisotopic (exact) mass is 271 g/mol. The van der Waals surface area contributed by atoms with Gasteiger partial charge in [0, 0.05) is 6.04 Å². The maximum atomic E-state index is 13.4. The van der Waals surface area contributed by atoms with Gasteiger partial charge in [0.25, 0.3) is 0 Å². The van der Waals surface area contributed by atoms with Crippen LogP contribution in [0.3, 0.4) is 0 Å². The predicted molar refractivity (Wildman–Crippen MR) is 82.4 cm³/mol. The molecule has 1 atom stereocenters. The molecule has 1 unspecified atom stereocenters. The molecule has 0 aliphatic rings.